The highest BCUT2D eigenvalue weighted by Crippen LogP contribution is 2.43. The van der Waals surface area contributed by atoms with Crippen LogP contribution in [0, 0.1) is 5.92 Å². The SMILES string of the molecule is O=C1OC2(CCCCC2)OC(O)=C1C1C(=O)C(Br)=CC1N1CCN(c2ccccc2)CC1. The molecule has 1 saturated heterocycles. The van der Waals surface area contributed by atoms with Gasteiger partial charge in [0.05, 0.1) is 10.4 Å². The van der Waals surface area contributed by atoms with E-state index in [9.17, 15) is 14.7 Å². The number of esters is 1. The fourth-order valence-corrected chi connectivity index (χ4v) is 5.80. The molecule has 0 aromatic heterocycles. The smallest absolute Gasteiger partial charge is 0.345 e. The number of aliphatic hydroxyl groups is 1. The maximum Gasteiger partial charge on any atom is 0.345 e. The predicted octanol–water partition coefficient (Wildman–Crippen LogP) is 3.66. The van der Waals surface area contributed by atoms with Gasteiger partial charge in [0.2, 0.25) is 0 Å². The van der Waals surface area contributed by atoms with Crippen LogP contribution < -0.4 is 4.90 Å². The number of benzene rings is 1. The minimum atomic E-state index is -1.09. The van der Waals surface area contributed by atoms with E-state index in [0.29, 0.717) is 17.3 Å². The highest BCUT2D eigenvalue weighted by molar-refractivity contribution is 9.12. The average Bonchev–Trinajstić information content (AvgIpc) is 3.09. The minimum absolute atomic E-state index is 0.0626. The van der Waals surface area contributed by atoms with Crippen LogP contribution in [0.2, 0.25) is 0 Å². The van der Waals surface area contributed by atoms with Crippen LogP contribution in [0.3, 0.4) is 0 Å². The maximum atomic E-state index is 13.0. The van der Waals surface area contributed by atoms with E-state index in [1.807, 2.05) is 24.3 Å². The summed E-state index contributed by atoms with van der Waals surface area (Å²) in [6.07, 6.45) is 5.75. The van der Waals surface area contributed by atoms with E-state index < -0.39 is 23.6 Å². The number of hydrogen-bond acceptors (Lipinski definition) is 7. The molecule has 2 fully saturated rings. The normalized spacial score (nSPS) is 28.5. The monoisotopic (exact) mass is 502 g/mol. The summed E-state index contributed by atoms with van der Waals surface area (Å²) in [5.74, 6) is -3.27. The molecule has 4 aliphatic rings. The number of aliphatic hydroxyl groups excluding tert-OH is 1. The Labute approximate surface area is 195 Å². The predicted molar refractivity (Wildman–Crippen MR) is 122 cm³/mol. The molecular weight excluding hydrogens is 476 g/mol. The average molecular weight is 503 g/mol. The summed E-state index contributed by atoms with van der Waals surface area (Å²) in [5.41, 5.74) is 1.11. The van der Waals surface area contributed by atoms with Crippen LogP contribution in [-0.4, -0.2) is 59.8 Å². The van der Waals surface area contributed by atoms with Gasteiger partial charge in [0.1, 0.15) is 5.57 Å². The summed E-state index contributed by atoms with van der Waals surface area (Å²) in [7, 11) is 0. The van der Waals surface area contributed by atoms with Crippen molar-refractivity contribution in [2.75, 3.05) is 31.1 Å². The third-order valence-corrected chi connectivity index (χ3v) is 7.63. The molecule has 1 N–H and O–H groups in total. The van der Waals surface area contributed by atoms with Crippen LogP contribution in [0.1, 0.15) is 32.1 Å². The number of halogens is 1. The second kappa shape index (κ2) is 8.56. The lowest BCUT2D eigenvalue weighted by Crippen LogP contribution is -2.53. The van der Waals surface area contributed by atoms with Crippen molar-refractivity contribution in [2.45, 2.75) is 43.9 Å². The molecule has 1 aromatic rings. The van der Waals surface area contributed by atoms with E-state index in [1.54, 1.807) is 0 Å². The quantitative estimate of drug-likeness (QED) is 0.631. The number of piperazine rings is 1. The van der Waals surface area contributed by atoms with E-state index in [-0.39, 0.29) is 17.4 Å². The Morgan fingerprint density at radius 1 is 0.969 bits per heavy atom. The van der Waals surface area contributed by atoms with Crippen molar-refractivity contribution >= 4 is 33.4 Å². The first-order chi connectivity index (χ1) is 15.5. The van der Waals surface area contributed by atoms with Gasteiger partial charge in [0.25, 0.3) is 11.7 Å². The third-order valence-electron chi connectivity index (χ3n) is 6.97. The molecule has 7 nitrogen and oxygen atoms in total. The first-order valence-corrected chi connectivity index (χ1v) is 12.1. The molecule has 2 atom stereocenters. The molecule has 1 spiro atoms. The standard InChI is InChI=1S/C24H27BrN2O5/c25-17-15-18(27-13-11-26(12-14-27)16-7-3-1-4-8-16)19(21(17)28)20-22(29)31-24(32-23(20)30)9-5-2-6-10-24/h1,3-4,7-8,15,18-19,29H,2,5-6,9-14H2. The van der Waals surface area contributed by atoms with Gasteiger partial charge in [-0.2, -0.15) is 0 Å². The first kappa shape index (κ1) is 21.5. The van der Waals surface area contributed by atoms with Crippen molar-refractivity contribution < 1.29 is 24.2 Å². The molecule has 170 valence electrons. The molecule has 0 bridgehead atoms. The second-order valence-corrected chi connectivity index (χ2v) is 9.74. The zero-order chi connectivity index (χ0) is 22.3. The van der Waals surface area contributed by atoms with Gasteiger partial charge < -0.3 is 19.5 Å². The number of carbonyl (C=O) groups is 2. The molecule has 1 saturated carbocycles. The van der Waals surface area contributed by atoms with Gasteiger partial charge in [-0.3, -0.25) is 9.69 Å². The van der Waals surface area contributed by atoms with Crippen molar-refractivity contribution in [2.24, 2.45) is 5.92 Å². The van der Waals surface area contributed by atoms with Crippen LogP contribution in [0.25, 0.3) is 0 Å². The molecule has 0 amide bonds. The first-order valence-electron chi connectivity index (χ1n) is 11.3. The highest BCUT2D eigenvalue weighted by atomic mass is 79.9. The lowest BCUT2D eigenvalue weighted by Gasteiger charge is -2.42. The van der Waals surface area contributed by atoms with Gasteiger partial charge in [-0.15, -0.1) is 0 Å². The Morgan fingerprint density at radius 2 is 1.66 bits per heavy atom. The molecule has 2 unspecified atom stereocenters. The van der Waals surface area contributed by atoms with E-state index in [1.165, 1.54) is 5.69 Å². The van der Waals surface area contributed by atoms with Crippen LogP contribution >= 0.6 is 15.9 Å². The van der Waals surface area contributed by atoms with Crippen LogP contribution in [0.15, 0.2) is 52.4 Å². The Hall–Kier alpha value is -2.32. The number of ether oxygens (including phenoxy) is 2. The molecule has 8 heteroatoms. The van der Waals surface area contributed by atoms with Crippen molar-refractivity contribution in [1.82, 2.24) is 4.90 Å². The van der Waals surface area contributed by atoms with Gasteiger partial charge in [-0.25, -0.2) is 4.79 Å². The summed E-state index contributed by atoms with van der Waals surface area (Å²) in [4.78, 5) is 30.6. The number of ketones is 1. The van der Waals surface area contributed by atoms with Crippen molar-refractivity contribution in [3.8, 4) is 0 Å². The fraction of sp³-hybridized carbons (Fsp3) is 0.500. The van der Waals surface area contributed by atoms with Crippen molar-refractivity contribution in [1.29, 1.82) is 0 Å². The van der Waals surface area contributed by atoms with Gasteiger partial charge in [0.15, 0.2) is 5.78 Å². The number of hydrogen-bond donors (Lipinski definition) is 1. The zero-order valence-corrected chi connectivity index (χ0v) is 19.4. The van der Waals surface area contributed by atoms with Crippen LogP contribution in [0.5, 0.6) is 0 Å². The van der Waals surface area contributed by atoms with Gasteiger partial charge in [-0.1, -0.05) is 24.6 Å². The molecular formula is C24H27BrN2O5. The number of allylic oxidation sites excluding steroid dienone is 1. The number of carbonyl (C=O) groups excluding carboxylic acids is 2. The molecule has 32 heavy (non-hydrogen) atoms. The zero-order valence-electron chi connectivity index (χ0n) is 17.8. The van der Waals surface area contributed by atoms with E-state index in [0.717, 1.165) is 45.4 Å². The maximum absolute atomic E-state index is 13.0. The number of Topliss-reactive ketones (excluding diaryl/α,β-unsaturated/α-hetero) is 1. The van der Waals surface area contributed by atoms with Crippen LogP contribution in [-0.2, 0) is 19.1 Å². The molecule has 0 radical (unpaired) electrons. The minimum Gasteiger partial charge on any atom is -0.480 e. The fourth-order valence-electron chi connectivity index (χ4n) is 5.28. The molecule has 5 rings (SSSR count). The van der Waals surface area contributed by atoms with Gasteiger partial charge >= 0.3 is 5.97 Å². The molecule has 2 heterocycles. The number of nitrogens with zero attached hydrogens (tertiary/aromatic N) is 2. The molecule has 2 aliphatic carbocycles. The topological polar surface area (TPSA) is 79.3 Å². The highest BCUT2D eigenvalue weighted by Gasteiger charge is 2.52. The van der Waals surface area contributed by atoms with Gasteiger partial charge in [-0.05, 0) is 47.0 Å². The van der Waals surface area contributed by atoms with Crippen molar-refractivity contribution in [3.05, 3.63) is 52.4 Å². The molecule has 2 aliphatic heterocycles. The third kappa shape index (κ3) is 3.83. The number of para-hydroxylation sites is 1. The Balaban J connectivity index is 1.36. The van der Waals surface area contributed by atoms with E-state index in [2.05, 4.69) is 37.9 Å². The van der Waals surface area contributed by atoms with E-state index in [4.69, 9.17) is 9.47 Å². The summed E-state index contributed by atoms with van der Waals surface area (Å²) >= 11 is 3.35. The number of rotatable bonds is 3. The number of anilines is 1. The Bertz CT molecular complexity index is 962. The van der Waals surface area contributed by atoms with Crippen LogP contribution in [0.4, 0.5) is 5.69 Å². The largest absolute Gasteiger partial charge is 0.480 e. The second-order valence-electron chi connectivity index (χ2n) is 8.89. The summed E-state index contributed by atoms with van der Waals surface area (Å²) in [6.45, 7) is 3.08. The molecule has 1 aromatic carbocycles. The lowest BCUT2D eigenvalue weighted by atomic mass is 9.89. The summed E-state index contributed by atoms with van der Waals surface area (Å²) < 4.78 is 11.9. The summed E-state index contributed by atoms with van der Waals surface area (Å²) in [6, 6.07) is 9.89. The Morgan fingerprint density at radius 3 is 2.31 bits per heavy atom. The Kier molecular flexibility index (Phi) is 5.75. The van der Waals surface area contributed by atoms with Gasteiger partial charge in [0, 0.05) is 50.7 Å². The summed E-state index contributed by atoms with van der Waals surface area (Å²) in [5, 5.41) is 10.8. The van der Waals surface area contributed by atoms with E-state index >= 15 is 0 Å². The van der Waals surface area contributed by atoms with Crippen molar-refractivity contribution in [3.63, 3.8) is 0 Å². The lowest BCUT2D eigenvalue weighted by molar-refractivity contribution is -0.251.